The van der Waals surface area contributed by atoms with Gasteiger partial charge >= 0.3 is 0 Å². The number of carbonyl (C=O) groups is 1. The summed E-state index contributed by atoms with van der Waals surface area (Å²) in [5, 5.41) is 2.41. The number of nitrogens with one attached hydrogen (secondary N) is 1. The summed E-state index contributed by atoms with van der Waals surface area (Å²) in [5.41, 5.74) is -0.225. The SMILES string of the molecule is O=C(COc1ccc(Cl)cc1S(=O)(=O)N1CCOCC1)Nc1ccc(F)cc1F. The van der Waals surface area contributed by atoms with Crippen LogP contribution in [0.2, 0.25) is 5.02 Å². The van der Waals surface area contributed by atoms with Crippen molar-refractivity contribution in [1.29, 1.82) is 0 Å². The van der Waals surface area contributed by atoms with E-state index in [2.05, 4.69) is 5.32 Å². The third-order valence-corrected chi connectivity index (χ3v) is 6.21. The van der Waals surface area contributed by atoms with Crippen LogP contribution in [-0.2, 0) is 19.6 Å². The number of sulfonamides is 1. The average molecular weight is 447 g/mol. The van der Waals surface area contributed by atoms with Crippen molar-refractivity contribution in [2.24, 2.45) is 0 Å². The molecule has 2 aromatic carbocycles. The summed E-state index contributed by atoms with van der Waals surface area (Å²) >= 11 is 5.95. The average Bonchev–Trinajstić information content (AvgIpc) is 2.70. The lowest BCUT2D eigenvalue weighted by atomic mass is 10.3. The van der Waals surface area contributed by atoms with Crippen LogP contribution in [-0.4, -0.2) is 51.5 Å². The second kappa shape index (κ2) is 9.04. The van der Waals surface area contributed by atoms with Crippen LogP contribution in [0, 0.1) is 11.6 Å². The first-order valence-corrected chi connectivity index (χ1v) is 10.3. The van der Waals surface area contributed by atoms with E-state index in [1.807, 2.05) is 0 Å². The summed E-state index contributed by atoms with van der Waals surface area (Å²) < 4.78 is 64.2. The fraction of sp³-hybridized carbons (Fsp3) is 0.278. The van der Waals surface area contributed by atoms with E-state index in [4.69, 9.17) is 21.1 Å². The first kappa shape index (κ1) is 21.4. The molecule has 2 aromatic rings. The predicted octanol–water partition coefficient (Wildman–Crippen LogP) is 2.66. The number of morpholine rings is 1. The van der Waals surface area contributed by atoms with Crippen LogP contribution in [0.25, 0.3) is 0 Å². The Hall–Kier alpha value is -2.27. The molecule has 0 saturated carbocycles. The number of hydrogen-bond acceptors (Lipinski definition) is 5. The van der Waals surface area contributed by atoms with Crippen molar-refractivity contribution in [1.82, 2.24) is 4.31 Å². The quantitative estimate of drug-likeness (QED) is 0.737. The molecule has 1 amide bonds. The zero-order chi connectivity index (χ0) is 21.0. The highest BCUT2D eigenvalue weighted by molar-refractivity contribution is 7.89. The van der Waals surface area contributed by atoms with Crippen molar-refractivity contribution in [3.05, 3.63) is 53.1 Å². The zero-order valence-electron chi connectivity index (χ0n) is 15.0. The Morgan fingerprint density at radius 2 is 1.90 bits per heavy atom. The Labute approximate surface area is 171 Å². The molecule has 0 aromatic heterocycles. The van der Waals surface area contributed by atoms with E-state index < -0.39 is 34.2 Å². The minimum Gasteiger partial charge on any atom is -0.482 e. The molecule has 1 N–H and O–H groups in total. The third kappa shape index (κ3) is 5.21. The first-order chi connectivity index (χ1) is 13.8. The minimum atomic E-state index is -3.92. The van der Waals surface area contributed by atoms with Gasteiger partial charge in [-0.2, -0.15) is 4.31 Å². The van der Waals surface area contributed by atoms with E-state index >= 15 is 0 Å². The van der Waals surface area contributed by atoms with E-state index in [1.54, 1.807) is 0 Å². The number of carbonyl (C=O) groups excluding carboxylic acids is 1. The number of anilines is 1. The largest absolute Gasteiger partial charge is 0.482 e. The van der Waals surface area contributed by atoms with Crippen LogP contribution in [0.1, 0.15) is 0 Å². The highest BCUT2D eigenvalue weighted by Gasteiger charge is 2.29. The summed E-state index contributed by atoms with van der Waals surface area (Å²) in [5.74, 6) is -2.55. The molecule has 156 valence electrons. The molecule has 7 nitrogen and oxygen atoms in total. The maximum absolute atomic E-state index is 13.6. The smallest absolute Gasteiger partial charge is 0.262 e. The molecule has 0 unspecified atom stereocenters. The fourth-order valence-corrected chi connectivity index (χ4v) is 4.45. The van der Waals surface area contributed by atoms with Gasteiger partial charge in [-0.25, -0.2) is 17.2 Å². The van der Waals surface area contributed by atoms with Crippen molar-refractivity contribution >= 4 is 33.2 Å². The normalized spacial score (nSPS) is 15.1. The van der Waals surface area contributed by atoms with Gasteiger partial charge in [-0.1, -0.05) is 11.6 Å². The van der Waals surface area contributed by atoms with Gasteiger partial charge in [0.15, 0.2) is 6.61 Å². The van der Waals surface area contributed by atoms with Crippen molar-refractivity contribution in [3.8, 4) is 5.75 Å². The van der Waals surface area contributed by atoms with Gasteiger partial charge in [-0.15, -0.1) is 0 Å². The van der Waals surface area contributed by atoms with E-state index in [-0.39, 0.29) is 47.7 Å². The molecule has 1 saturated heterocycles. The van der Waals surface area contributed by atoms with Crippen LogP contribution in [0.15, 0.2) is 41.3 Å². The van der Waals surface area contributed by atoms with Gasteiger partial charge in [-0.3, -0.25) is 4.79 Å². The lowest BCUT2D eigenvalue weighted by molar-refractivity contribution is -0.118. The van der Waals surface area contributed by atoms with Crippen molar-refractivity contribution in [2.75, 3.05) is 38.2 Å². The molecule has 0 aliphatic carbocycles. The topological polar surface area (TPSA) is 84.9 Å². The summed E-state index contributed by atoms with van der Waals surface area (Å²) in [4.78, 5) is 11.9. The number of rotatable bonds is 6. The van der Waals surface area contributed by atoms with Crippen molar-refractivity contribution in [2.45, 2.75) is 4.90 Å². The van der Waals surface area contributed by atoms with Gasteiger partial charge in [-0.05, 0) is 30.3 Å². The minimum absolute atomic E-state index is 0.0735. The molecule has 0 radical (unpaired) electrons. The Kier molecular flexibility index (Phi) is 6.68. The van der Waals surface area contributed by atoms with E-state index in [0.717, 1.165) is 12.1 Å². The molecule has 0 atom stereocenters. The van der Waals surface area contributed by atoms with Crippen LogP contribution in [0.3, 0.4) is 0 Å². The molecule has 3 rings (SSSR count). The Balaban J connectivity index is 1.75. The van der Waals surface area contributed by atoms with Gasteiger partial charge in [0.05, 0.1) is 18.9 Å². The van der Waals surface area contributed by atoms with Crippen molar-refractivity contribution in [3.63, 3.8) is 0 Å². The summed E-state index contributed by atoms with van der Waals surface area (Å²) in [6.45, 7) is 0.296. The third-order valence-electron chi connectivity index (χ3n) is 4.06. The summed E-state index contributed by atoms with van der Waals surface area (Å²) in [6, 6.07) is 6.68. The number of nitrogens with zero attached hydrogens (tertiary/aromatic N) is 1. The second-order valence-electron chi connectivity index (χ2n) is 6.07. The standard InChI is InChI=1S/C18H17ClF2N2O5S/c19-12-1-4-16(17(9-12)29(25,26)23-5-7-27-8-6-23)28-11-18(24)22-15-3-2-13(20)10-14(15)21/h1-4,9-10H,5-8,11H2,(H,22,24). The molecule has 0 bridgehead atoms. The highest BCUT2D eigenvalue weighted by atomic mass is 35.5. The molecule has 29 heavy (non-hydrogen) atoms. The lowest BCUT2D eigenvalue weighted by Crippen LogP contribution is -2.40. The summed E-state index contributed by atoms with van der Waals surface area (Å²) in [7, 11) is -3.92. The van der Waals surface area contributed by atoms with E-state index in [0.29, 0.717) is 6.07 Å². The van der Waals surface area contributed by atoms with E-state index in [1.165, 1.54) is 22.5 Å². The maximum atomic E-state index is 13.6. The van der Waals surface area contributed by atoms with Crippen LogP contribution >= 0.6 is 11.6 Å². The van der Waals surface area contributed by atoms with E-state index in [9.17, 15) is 22.0 Å². The zero-order valence-corrected chi connectivity index (χ0v) is 16.6. The molecule has 1 aliphatic heterocycles. The molecular formula is C18H17ClF2N2O5S. The monoisotopic (exact) mass is 446 g/mol. The second-order valence-corrected chi connectivity index (χ2v) is 8.41. The predicted molar refractivity (Wildman–Crippen MR) is 102 cm³/mol. The number of benzene rings is 2. The number of halogens is 3. The maximum Gasteiger partial charge on any atom is 0.262 e. The fourth-order valence-electron chi connectivity index (χ4n) is 2.65. The molecule has 1 aliphatic rings. The molecule has 11 heteroatoms. The van der Waals surface area contributed by atoms with Crippen molar-refractivity contribution < 1.29 is 31.5 Å². The molecule has 1 heterocycles. The number of amides is 1. The first-order valence-electron chi connectivity index (χ1n) is 8.52. The van der Waals surface area contributed by atoms with Crippen LogP contribution in [0.5, 0.6) is 5.75 Å². The summed E-state index contributed by atoms with van der Waals surface area (Å²) in [6.07, 6.45) is 0. The van der Waals surface area contributed by atoms with Gasteiger partial charge in [0.2, 0.25) is 10.0 Å². The number of ether oxygens (including phenoxy) is 2. The lowest BCUT2D eigenvalue weighted by Gasteiger charge is -2.26. The van der Waals surface area contributed by atoms with Gasteiger partial charge in [0.25, 0.3) is 5.91 Å². The molecule has 0 spiro atoms. The Bertz CT molecular complexity index is 1010. The van der Waals surface area contributed by atoms with Gasteiger partial charge in [0, 0.05) is 24.2 Å². The Morgan fingerprint density at radius 3 is 2.59 bits per heavy atom. The molecular weight excluding hydrogens is 430 g/mol. The highest BCUT2D eigenvalue weighted by Crippen LogP contribution is 2.30. The van der Waals surface area contributed by atoms with Gasteiger partial charge in [0.1, 0.15) is 22.3 Å². The molecule has 1 fully saturated rings. The van der Waals surface area contributed by atoms with Crippen LogP contribution in [0.4, 0.5) is 14.5 Å². The van der Waals surface area contributed by atoms with Gasteiger partial charge < -0.3 is 14.8 Å². The number of hydrogen-bond donors (Lipinski definition) is 1. The Morgan fingerprint density at radius 1 is 1.17 bits per heavy atom. The van der Waals surface area contributed by atoms with Crippen LogP contribution < -0.4 is 10.1 Å².